The number of primary amides is 1. The summed E-state index contributed by atoms with van der Waals surface area (Å²) in [6, 6.07) is 8.17. The van der Waals surface area contributed by atoms with E-state index in [1.54, 1.807) is 0 Å². The largest absolute Gasteiger partial charge is 0.388 e. The zero-order valence-electron chi connectivity index (χ0n) is 23.0. The number of amides is 2. The number of carbonyl (C=O) groups is 2. The number of nitrogens with one attached hydrogen (secondary N) is 2. The van der Waals surface area contributed by atoms with E-state index in [2.05, 4.69) is 43.2 Å². The predicted molar refractivity (Wildman–Crippen MR) is 156 cm³/mol. The van der Waals surface area contributed by atoms with Gasteiger partial charge in [0, 0.05) is 41.8 Å². The molecule has 2 aromatic rings. The Hall–Kier alpha value is -2.09. The third-order valence-corrected chi connectivity index (χ3v) is 7.46. The average Bonchev–Trinajstić information content (AvgIpc) is 3.17. The summed E-state index contributed by atoms with van der Waals surface area (Å²) < 4.78 is 0. The Labute approximate surface area is 227 Å². The second kappa shape index (κ2) is 16.6. The van der Waals surface area contributed by atoms with E-state index in [0.717, 1.165) is 47.6 Å². The van der Waals surface area contributed by atoms with Gasteiger partial charge in [-0.1, -0.05) is 52.6 Å². The lowest BCUT2D eigenvalue weighted by Gasteiger charge is -2.40. The van der Waals surface area contributed by atoms with Gasteiger partial charge in [-0.25, -0.2) is 0 Å². The maximum Gasteiger partial charge on any atom is 0.251 e. The molecule has 1 saturated carbocycles. The highest BCUT2D eigenvalue weighted by atomic mass is 35.5. The molecule has 1 aliphatic carbocycles. The second-order valence-electron chi connectivity index (χ2n) is 9.48. The van der Waals surface area contributed by atoms with E-state index in [4.69, 9.17) is 17.3 Å². The van der Waals surface area contributed by atoms with Crippen LogP contribution in [0.4, 0.5) is 10.7 Å². The highest BCUT2D eigenvalue weighted by Crippen LogP contribution is 2.39. The fraction of sp³-hybridized carbons (Fsp3) is 0.571. The number of carbonyl (C=O) groups excluding carboxylic acids is 2. The summed E-state index contributed by atoms with van der Waals surface area (Å²) in [4.78, 5) is 26.0. The van der Waals surface area contributed by atoms with Crippen LogP contribution >= 0.6 is 22.9 Å². The molecule has 0 spiro atoms. The third-order valence-electron chi connectivity index (χ3n) is 6.06. The first kappa shape index (κ1) is 31.9. The first-order valence-corrected chi connectivity index (χ1v) is 14.2. The zero-order valence-corrected chi connectivity index (χ0v) is 24.6. The molecule has 2 amide bonds. The number of benzene rings is 1. The molecule has 1 atom stereocenters. The minimum atomic E-state index is -0.447. The summed E-state index contributed by atoms with van der Waals surface area (Å²) >= 11 is 7.13. The quantitative estimate of drug-likeness (QED) is 0.346. The standard InChI is InChI=1S/C15H21N3O2S.C7H8ClN.C4H10.C2H6/c1-9(10-3-2-4-10)18-6-5-11-12(7-18)21-15(17-8-19)13(11)14(16)20;1-9-7-4-2-6(8)3-5-7;1-4(2)3;1-2/h8-10H,2-7H2,1H3,(H2,16,20)(H,17,19);2-5,9H,1H3;4H,1-3H3;1-2H3. The summed E-state index contributed by atoms with van der Waals surface area (Å²) in [6.07, 6.45) is 5.46. The molecule has 0 radical (unpaired) electrons. The Bertz CT molecular complexity index is 924. The smallest absolute Gasteiger partial charge is 0.251 e. The number of thiophene rings is 1. The van der Waals surface area contributed by atoms with Crippen molar-refractivity contribution in [2.75, 3.05) is 24.2 Å². The van der Waals surface area contributed by atoms with Crippen molar-refractivity contribution < 1.29 is 9.59 Å². The molecule has 2 heterocycles. The molecule has 202 valence electrons. The highest BCUT2D eigenvalue weighted by Gasteiger charge is 2.33. The molecule has 4 rings (SSSR count). The van der Waals surface area contributed by atoms with Gasteiger partial charge in [0.25, 0.3) is 5.91 Å². The summed E-state index contributed by atoms with van der Waals surface area (Å²) in [6.45, 7) is 14.6. The fourth-order valence-corrected chi connectivity index (χ4v) is 5.39. The van der Waals surface area contributed by atoms with Crippen molar-refractivity contribution in [1.82, 2.24) is 4.90 Å². The number of anilines is 2. The van der Waals surface area contributed by atoms with Gasteiger partial charge in [-0.15, -0.1) is 11.3 Å². The van der Waals surface area contributed by atoms with Gasteiger partial charge in [-0.05, 0) is 67.9 Å². The number of hydrogen-bond donors (Lipinski definition) is 3. The molecule has 6 nitrogen and oxygen atoms in total. The van der Waals surface area contributed by atoms with E-state index in [1.807, 2.05) is 45.2 Å². The monoisotopic (exact) mass is 536 g/mol. The van der Waals surface area contributed by atoms with Gasteiger partial charge in [0.15, 0.2) is 0 Å². The summed E-state index contributed by atoms with van der Waals surface area (Å²) in [5.74, 6) is 1.20. The van der Waals surface area contributed by atoms with Crippen molar-refractivity contribution in [2.45, 2.75) is 79.8 Å². The van der Waals surface area contributed by atoms with E-state index >= 15 is 0 Å². The number of halogens is 1. The average molecular weight is 537 g/mol. The number of nitrogens with zero attached hydrogens (tertiary/aromatic N) is 1. The van der Waals surface area contributed by atoms with Crippen molar-refractivity contribution in [3.05, 3.63) is 45.3 Å². The molecule has 0 saturated heterocycles. The van der Waals surface area contributed by atoms with E-state index in [-0.39, 0.29) is 0 Å². The Balaban J connectivity index is 0.000000358. The fourth-order valence-electron chi connectivity index (χ4n) is 4.02. The molecule has 1 aromatic heterocycles. The number of hydrogen-bond acceptors (Lipinski definition) is 5. The van der Waals surface area contributed by atoms with E-state index in [9.17, 15) is 9.59 Å². The van der Waals surface area contributed by atoms with Crippen LogP contribution in [0.1, 0.15) is 81.6 Å². The van der Waals surface area contributed by atoms with Crippen molar-refractivity contribution in [3.63, 3.8) is 0 Å². The van der Waals surface area contributed by atoms with Crippen LogP contribution < -0.4 is 16.4 Å². The number of rotatable bonds is 6. The third kappa shape index (κ3) is 9.75. The lowest BCUT2D eigenvalue weighted by Crippen LogP contribution is -2.43. The molecule has 1 fully saturated rings. The van der Waals surface area contributed by atoms with Gasteiger partial charge >= 0.3 is 0 Å². The molecule has 0 bridgehead atoms. The molecule has 8 heteroatoms. The van der Waals surface area contributed by atoms with Crippen LogP contribution in [0.5, 0.6) is 0 Å². The van der Waals surface area contributed by atoms with Gasteiger partial charge in [0.2, 0.25) is 6.41 Å². The molecule has 1 unspecified atom stereocenters. The van der Waals surface area contributed by atoms with Crippen LogP contribution in [-0.2, 0) is 17.8 Å². The highest BCUT2D eigenvalue weighted by molar-refractivity contribution is 7.16. The molecule has 36 heavy (non-hydrogen) atoms. The topological polar surface area (TPSA) is 87.5 Å². The Kier molecular flexibility index (Phi) is 14.7. The summed E-state index contributed by atoms with van der Waals surface area (Å²) in [5.41, 5.74) is 8.12. The first-order valence-electron chi connectivity index (χ1n) is 13.0. The Morgan fingerprint density at radius 2 is 1.75 bits per heavy atom. The lowest BCUT2D eigenvalue weighted by atomic mass is 9.79. The lowest BCUT2D eigenvalue weighted by molar-refractivity contribution is -0.105. The van der Waals surface area contributed by atoms with Gasteiger partial charge in [0.05, 0.1) is 5.56 Å². The molecule has 1 aliphatic heterocycles. The Morgan fingerprint density at radius 1 is 1.17 bits per heavy atom. The number of fused-ring (bicyclic) bond motifs is 1. The van der Waals surface area contributed by atoms with Gasteiger partial charge in [-0.3, -0.25) is 14.5 Å². The van der Waals surface area contributed by atoms with Crippen LogP contribution in [0.15, 0.2) is 24.3 Å². The normalized spacial score (nSPS) is 15.4. The van der Waals surface area contributed by atoms with Crippen LogP contribution in [0.25, 0.3) is 0 Å². The molecular weight excluding hydrogens is 492 g/mol. The van der Waals surface area contributed by atoms with Crippen LogP contribution in [0.2, 0.25) is 5.02 Å². The van der Waals surface area contributed by atoms with E-state index in [1.165, 1.54) is 35.5 Å². The summed E-state index contributed by atoms with van der Waals surface area (Å²) in [7, 11) is 1.88. The molecular formula is C28H45ClN4O2S. The van der Waals surface area contributed by atoms with E-state index in [0.29, 0.717) is 23.0 Å². The maximum atomic E-state index is 11.7. The minimum absolute atomic E-state index is 0.447. The van der Waals surface area contributed by atoms with Crippen LogP contribution in [-0.4, -0.2) is 36.9 Å². The number of nitrogens with two attached hydrogens (primary N) is 1. The van der Waals surface area contributed by atoms with Crippen molar-refractivity contribution >= 4 is 45.9 Å². The predicted octanol–water partition coefficient (Wildman–Crippen LogP) is 7.03. The minimum Gasteiger partial charge on any atom is -0.388 e. The van der Waals surface area contributed by atoms with Gasteiger partial charge < -0.3 is 16.4 Å². The van der Waals surface area contributed by atoms with Gasteiger partial charge in [-0.2, -0.15) is 0 Å². The van der Waals surface area contributed by atoms with Gasteiger partial charge in [0.1, 0.15) is 5.00 Å². The molecule has 4 N–H and O–H groups in total. The molecule has 1 aromatic carbocycles. The van der Waals surface area contributed by atoms with Crippen molar-refractivity contribution in [1.29, 1.82) is 0 Å². The van der Waals surface area contributed by atoms with Crippen LogP contribution in [0, 0.1) is 11.8 Å². The SMILES string of the molecule is CC.CC(C)C.CC(C1CCC1)N1CCc2c(sc(NC=O)c2C(N)=O)C1.CNc1ccc(Cl)cc1. The summed E-state index contributed by atoms with van der Waals surface area (Å²) in [5, 5.41) is 6.99. The van der Waals surface area contributed by atoms with Crippen LogP contribution in [0.3, 0.4) is 0 Å². The second-order valence-corrected chi connectivity index (χ2v) is 11.0. The zero-order chi connectivity index (χ0) is 27.3. The Morgan fingerprint density at radius 3 is 2.19 bits per heavy atom. The first-order chi connectivity index (χ1) is 17.2. The van der Waals surface area contributed by atoms with Crippen molar-refractivity contribution in [2.24, 2.45) is 17.6 Å². The molecule has 2 aliphatic rings. The maximum absolute atomic E-state index is 11.7. The van der Waals surface area contributed by atoms with E-state index < -0.39 is 5.91 Å². The van der Waals surface area contributed by atoms with Crippen molar-refractivity contribution in [3.8, 4) is 0 Å².